The van der Waals surface area contributed by atoms with Crippen molar-refractivity contribution in [3.8, 4) is 11.3 Å². The molecule has 0 saturated heterocycles. The normalized spacial score (nSPS) is 10.2. The summed E-state index contributed by atoms with van der Waals surface area (Å²) in [4.78, 5) is 4.09. The van der Waals surface area contributed by atoms with Gasteiger partial charge in [0.2, 0.25) is 0 Å². The van der Waals surface area contributed by atoms with Gasteiger partial charge in [-0.3, -0.25) is 4.98 Å². The maximum absolute atomic E-state index is 5.64. The second kappa shape index (κ2) is 3.10. The highest BCUT2D eigenvalue weighted by Gasteiger charge is 2.06. The summed E-state index contributed by atoms with van der Waals surface area (Å²) in [6.45, 7) is 1.93. The number of aryl methyl sites for hydroxylation is 1. The van der Waals surface area contributed by atoms with Crippen molar-refractivity contribution in [3.63, 3.8) is 0 Å². The zero-order valence-corrected chi connectivity index (χ0v) is 7.88. The highest BCUT2D eigenvalue weighted by Crippen LogP contribution is 2.22. The van der Waals surface area contributed by atoms with E-state index in [1.165, 1.54) is 0 Å². The van der Waals surface area contributed by atoms with Crippen molar-refractivity contribution in [2.75, 3.05) is 5.73 Å². The third-order valence-electron chi connectivity index (χ3n) is 1.68. The van der Waals surface area contributed by atoms with E-state index < -0.39 is 0 Å². The summed E-state index contributed by atoms with van der Waals surface area (Å²) in [7, 11) is 0. The number of nitrogen functional groups attached to an aromatic ring is 1. The van der Waals surface area contributed by atoms with E-state index in [4.69, 9.17) is 5.73 Å². The van der Waals surface area contributed by atoms with E-state index in [1.54, 1.807) is 6.20 Å². The first-order valence-corrected chi connectivity index (χ1v) is 4.51. The van der Waals surface area contributed by atoms with Gasteiger partial charge in [0, 0.05) is 17.5 Å². The lowest BCUT2D eigenvalue weighted by Gasteiger charge is -1.97. The fourth-order valence-corrected chi connectivity index (χ4v) is 1.58. The summed E-state index contributed by atoms with van der Waals surface area (Å²) in [5.41, 5.74) is 8.30. The van der Waals surface area contributed by atoms with E-state index >= 15 is 0 Å². The minimum Gasteiger partial charge on any atom is -0.381 e. The Balaban J connectivity index is 2.53. The van der Waals surface area contributed by atoms with Crippen molar-refractivity contribution in [1.29, 1.82) is 0 Å². The van der Waals surface area contributed by atoms with Crippen LogP contribution in [0.3, 0.4) is 0 Å². The second-order valence-electron chi connectivity index (χ2n) is 2.68. The lowest BCUT2D eigenvalue weighted by molar-refractivity contribution is 1.20. The maximum atomic E-state index is 5.64. The molecule has 0 bridgehead atoms. The minimum absolute atomic E-state index is 0.482. The smallest absolute Gasteiger partial charge is 0.165 e. The van der Waals surface area contributed by atoms with Crippen molar-refractivity contribution < 1.29 is 0 Å². The molecule has 0 amide bonds. The van der Waals surface area contributed by atoms with Crippen molar-refractivity contribution in [2.24, 2.45) is 0 Å². The quantitative estimate of drug-likeness (QED) is 0.743. The van der Waals surface area contributed by atoms with E-state index in [0.717, 1.165) is 28.7 Å². The van der Waals surface area contributed by atoms with Crippen LogP contribution in [-0.4, -0.2) is 13.7 Å². The van der Waals surface area contributed by atoms with Gasteiger partial charge in [0.15, 0.2) is 5.82 Å². The Morgan fingerprint density at radius 2 is 2.23 bits per heavy atom. The number of rotatable bonds is 1. The summed E-state index contributed by atoms with van der Waals surface area (Å²) in [6, 6.07) is 3.81. The molecule has 0 spiro atoms. The number of anilines is 1. The van der Waals surface area contributed by atoms with Gasteiger partial charge >= 0.3 is 0 Å². The average Bonchev–Trinajstić information content (AvgIpc) is 2.51. The number of nitrogens with zero attached hydrogens (tertiary/aromatic N) is 3. The van der Waals surface area contributed by atoms with Gasteiger partial charge in [-0.25, -0.2) is 0 Å². The largest absolute Gasteiger partial charge is 0.381 e. The number of nitrogens with two attached hydrogens (primary N) is 1. The third-order valence-corrected chi connectivity index (χ3v) is 2.23. The fourth-order valence-electron chi connectivity index (χ4n) is 1.09. The van der Waals surface area contributed by atoms with Crippen molar-refractivity contribution in [2.45, 2.75) is 6.92 Å². The zero-order chi connectivity index (χ0) is 9.26. The fraction of sp³-hybridized carbons (Fsp3) is 0.125. The van der Waals surface area contributed by atoms with Crippen LogP contribution in [0.4, 0.5) is 5.82 Å². The lowest BCUT2D eigenvalue weighted by Crippen LogP contribution is -1.89. The highest BCUT2D eigenvalue weighted by molar-refractivity contribution is 6.99. The number of hydrogen-bond acceptors (Lipinski definition) is 5. The van der Waals surface area contributed by atoms with Gasteiger partial charge in [0.1, 0.15) is 5.69 Å². The van der Waals surface area contributed by atoms with Gasteiger partial charge in [-0.05, 0) is 19.1 Å². The number of pyridine rings is 1. The number of hydrogen-bond donors (Lipinski definition) is 1. The molecule has 2 N–H and O–H groups in total. The van der Waals surface area contributed by atoms with Crippen molar-refractivity contribution in [1.82, 2.24) is 13.7 Å². The molecule has 2 heterocycles. The van der Waals surface area contributed by atoms with Gasteiger partial charge < -0.3 is 5.73 Å². The van der Waals surface area contributed by atoms with E-state index in [9.17, 15) is 0 Å². The molecule has 0 atom stereocenters. The molecule has 0 saturated carbocycles. The molecule has 2 aromatic rings. The van der Waals surface area contributed by atoms with Crippen LogP contribution in [0.2, 0.25) is 0 Å². The Hall–Kier alpha value is -1.49. The number of aromatic nitrogens is 3. The summed E-state index contributed by atoms with van der Waals surface area (Å²) in [5, 5.41) is 0. The van der Waals surface area contributed by atoms with Crippen LogP contribution in [0.15, 0.2) is 18.3 Å². The van der Waals surface area contributed by atoms with Crippen LogP contribution in [0, 0.1) is 6.92 Å². The molecule has 0 aliphatic heterocycles. The summed E-state index contributed by atoms with van der Waals surface area (Å²) in [6.07, 6.45) is 1.74. The first-order chi connectivity index (χ1) is 6.27. The molecule has 2 rings (SSSR count). The van der Waals surface area contributed by atoms with Crippen LogP contribution in [-0.2, 0) is 0 Å². The molecule has 0 aliphatic rings. The van der Waals surface area contributed by atoms with Crippen LogP contribution >= 0.6 is 11.7 Å². The van der Waals surface area contributed by atoms with E-state index in [0.29, 0.717) is 5.82 Å². The maximum Gasteiger partial charge on any atom is 0.165 e. The van der Waals surface area contributed by atoms with Gasteiger partial charge in [-0.2, -0.15) is 8.75 Å². The summed E-state index contributed by atoms with van der Waals surface area (Å²) < 4.78 is 8.02. The Morgan fingerprint density at radius 1 is 1.38 bits per heavy atom. The molecule has 2 aromatic heterocycles. The third kappa shape index (κ3) is 1.50. The van der Waals surface area contributed by atoms with Crippen molar-refractivity contribution >= 4 is 17.5 Å². The Morgan fingerprint density at radius 3 is 2.85 bits per heavy atom. The zero-order valence-electron chi connectivity index (χ0n) is 7.06. The molecule has 13 heavy (non-hydrogen) atoms. The molecule has 5 heteroatoms. The Bertz CT molecular complexity index is 424. The average molecular weight is 192 g/mol. The summed E-state index contributed by atoms with van der Waals surface area (Å²) >= 11 is 1.12. The van der Waals surface area contributed by atoms with Gasteiger partial charge in [0.25, 0.3) is 0 Å². The Labute approximate surface area is 79.8 Å². The molecule has 0 radical (unpaired) electrons. The summed E-state index contributed by atoms with van der Waals surface area (Å²) in [5.74, 6) is 0.482. The molecular formula is C8H8N4S. The van der Waals surface area contributed by atoms with Gasteiger partial charge in [-0.15, -0.1) is 0 Å². The standard InChI is InChI=1S/C8H8N4S/c1-5-4-6(2-3-10-5)7-8(9)12-13-11-7/h2-4H,1H3,(H2,9,12). The topological polar surface area (TPSA) is 64.7 Å². The Kier molecular flexibility index (Phi) is 1.94. The predicted octanol–water partition coefficient (Wildman–Crippen LogP) is 1.49. The molecule has 4 nitrogen and oxygen atoms in total. The highest BCUT2D eigenvalue weighted by atomic mass is 32.1. The molecule has 0 aliphatic carbocycles. The SMILES string of the molecule is Cc1cc(-c2nsnc2N)ccn1. The molecule has 0 fully saturated rings. The molecular weight excluding hydrogens is 184 g/mol. The van der Waals surface area contributed by atoms with E-state index in [2.05, 4.69) is 13.7 Å². The molecule has 0 unspecified atom stereocenters. The lowest BCUT2D eigenvalue weighted by atomic mass is 10.2. The van der Waals surface area contributed by atoms with Crippen LogP contribution in [0.1, 0.15) is 5.69 Å². The van der Waals surface area contributed by atoms with Crippen LogP contribution in [0.25, 0.3) is 11.3 Å². The van der Waals surface area contributed by atoms with Gasteiger partial charge in [0.05, 0.1) is 11.7 Å². The van der Waals surface area contributed by atoms with Crippen LogP contribution < -0.4 is 5.73 Å². The predicted molar refractivity (Wildman–Crippen MR) is 52.3 cm³/mol. The van der Waals surface area contributed by atoms with Crippen molar-refractivity contribution in [3.05, 3.63) is 24.0 Å². The monoisotopic (exact) mass is 192 g/mol. The first kappa shape index (κ1) is 8.12. The van der Waals surface area contributed by atoms with Gasteiger partial charge in [-0.1, -0.05) is 0 Å². The second-order valence-corrected chi connectivity index (χ2v) is 3.21. The minimum atomic E-state index is 0.482. The van der Waals surface area contributed by atoms with E-state index in [-0.39, 0.29) is 0 Å². The first-order valence-electron chi connectivity index (χ1n) is 3.78. The van der Waals surface area contributed by atoms with Crippen LogP contribution in [0.5, 0.6) is 0 Å². The molecule has 0 aromatic carbocycles. The van der Waals surface area contributed by atoms with E-state index in [1.807, 2.05) is 19.1 Å². The molecule has 66 valence electrons.